The van der Waals surface area contributed by atoms with Gasteiger partial charge in [-0.3, -0.25) is 4.98 Å². The molecule has 0 bridgehead atoms. The largest absolute Gasteiger partial charge is 0.337 e. The molecule has 0 unspecified atom stereocenters. The van der Waals surface area contributed by atoms with Gasteiger partial charge in [-0.25, -0.2) is 4.98 Å². The van der Waals surface area contributed by atoms with E-state index in [1.54, 1.807) is 23.7 Å². The first-order chi connectivity index (χ1) is 8.90. The molecule has 1 N–H and O–H groups in total. The van der Waals surface area contributed by atoms with Crippen molar-refractivity contribution in [3.05, 3.63) is 35.5 Å². The van der Waals surface area contributed by atoms with E-state index >= 15 is 0 Å². The van der Waals surface area contributed by atoms with Crippen LogP contribution in [-0.2, 0) is 6.42 Å². The van der Waals surface area contributed by atoms with Crippen LogP contribution < -0.4 is 0 Å². The standard InChI is InChI=1S/C14H15N3S/c1-2-3-5-10-12(11-6-4-9-18-11)17-14-13(10)15-7-8-16-14/h4,6-9H,2-3,5H2,1H3,(H,16,17). The lowest BCUT2D eigenvalue weighted by atomic mass is 10.1. The minimum Gasteiger partial charge on any atom is -0.337 e. The van der Waals surface area contributed by atoms with Crippen molar-refractivity contribution in [2.75, 3.05) is 0 Å². The van der Waals surface area contributed by atoms with Gasteiger partial charge in [0.05, 0.1) is 10.6 Å². The van der Waals surface area contributed by atoms with Crippen LogP contribution in [0.3, 0.4) is 0 Å². The number of aryl methyl sites for hydroxylation is 1. The molecule has 0 aliphatic rings. The van der Waals surface area contributed by atoms with Crippen molar-refractivity contribution in [2.45, 2.75) is 26.2 Å². The molecule has 3 aromatic heterocycles. The Labute approximate surface area is 110 Å². The Morgan fingerprint density at radius 2 is 2.17 bits per heavy atom. The van der Waals surface area contributed by atoms with Gasteiger partial charge in [0, 0.05) is 18.0 Å². The lowest BCUT2D eigenvalue weighted by molar-refractivity contribution is 0.799. The Hall–Kier alpha value is -1.68. The number of fused-ring (bicyclic) bond motifs is 1. The van der Waals surface area contributed by atoms with Gasteiger partial charge in [0.1, 0.15) is 5.52 Å². The summed E-state index contributed by atoms with van der Waals surface area (Å²) in [5.74, 6) is 0. The Bertz CT molecular complexity index is 640. The van der Waals surface area contributed by atoms with Crippen LogP contribution in [0.5, 0.6) is 0 Å². The van der Waals surface area contributed by atoms with Crippen LogP contribution in [0.25, 0.3) is 21.7 Å². The van der Waals surface area contributed by atoms with E-state index in [-0.39, 0.29) is 0 Å². The van der Waals surface area contributed by atoms with E-state index in [2.05, 4.69) is 39.4 Å². The normalized spacial score (nSPS) is 11.2. The van der Waals surface area contributed by atoms with E-state index in [1.807, 2.05) is 0 Å². The van der Waals surface area contributed by atoms with Crippen LogP contribution in [0.4, 0.5) is 0 Å². The molecular formula is C14H15N3S. The van der Waals surface area contributed by atoms with Crippen molar-refractivity contribution in [3.63, 3.8) is 0 Å². The molecule has 0 aliphatic heterocycles. The van der Waals surface area contributed by atoms with E-state index in [4.69, 9.17) is 0 Å². The van der Waals surface area contributed by atoms with Gasteiger partial charge < -0.3 is 4.98 Å². The maximum atomic E-state index is 4.48. The van der Waals surface area contributed by atoms with E-state index in [9.17, 15) is 0 Å². The van der Waals surface area contributed by atoms with E-state index in [1.165, 1.54) is 29.0 Å². The lowest BCUT2D eigenvalue weighted by Crippen LogP contribution is -1.87. The molecule has 18 heavy (non-hydrogen) atoms. The zero-order valence-corrected chi connectivity index (χ0v) is 11.1. The highest BCUT2D eigenvalue weighted by molar-refractivity contribution is 7.13. The molecule has 0 amide bonds. The molecule has 0 aromatic carbocycles. The smallest absolute Gasteiger partial charge is 0.156 e. The number of unbranched alkanes of at least 4 members (excludes halogenated alkanes) is 1. The quantitative estimate of drug-likeness (QED) is 0.766. The van der Waals surface area contributed by atoms with Gasteiger partial charge in [0.2, 0.25) is 0 Å². The summed E-state index contributed by atoms with van der Waals surface area (Å²) >= 11 is 1.75. The third-order valence-electron chi connectivity index (χ3n) is 3.08. The average molecular weight is 257 g/mol. The fourth-order valence-corrected chi connectivity index (χ4v) is 2.94. The topological polar surface area (TPSA) is 41.6 Å². The first-order valence-corrected chi connectivity index (χ1v) is 7.13. The van der Waals surface area contributed by atoms with Crippen LogP contribution in [0.1, 0.15) is 25.3 Å². The fourth-order valence-electron chi connectivity index (χ4n) is 2.19. The number of H-pyrrole nitrogens is 1. The van der Waals surface area contributed by atoms with Gasteiger partial charge in [0.25, 0.3) is 0 Å². The summed E-state index contributed by atoms with van der Waals surface area (Å²) in [5.41, 5.74) is 4.42. The third-order valence-corrected chi connectivity index (χ3v) is 3.96. The molecule has 3 nitrogen and oxygen atoms in total. The molecule has 0 aliphatic carbocycles. The van der Waals surface area contributed by atoms with Crippen LogP contribution in [0, 0.1) is 0 Å². The van der Waals surface area contributed by atoms with Gasteiger partial charge in [0.15, 0.2) is 5.65 Å². The molecule has 4 heteroatoms. The third kappa shape index (κ3) is 1.93. The minimum atomic E-state index is 0.895. The Morgan fingerprint density at radius 1 is 1.28 bits per heavy atom. The SMILES string of the molecule is CCCCc1c(-c2cccs2)[nH]c2nccnc12. The van der Waals surface area contributed by atoms with E-state index in [0.717, 1.165) is 17.6 Å². The number of nitrogens with zero attached hydrogens (tertiary/aromatic N) is 2. The monoisotopic (exact) mass is 257 g/mol. The summed E-state index contributed by atoms with van der Waals surface area (Å²) in [6.45, 7) is 2.21. The number of nitrogens with one attached hydrogen (secondary N) is 1. The van der Waals surface area contributed by atoms with Gasteiger partial charge in [-0.2, -0.15) is 0 Å². The van der Waals surface area contributed by atoms with Crippen molar-refractivity contribution < 1.29 is 0 Å². The van der Waals surface area contributed by atoms with Gasteiger partial charge in [-0.15, -0.1) is 11.3 Å². The second-order valence-electron chi connectivity index (χ2n) is 4.31. The number of thiophene rings is 1. The van der Waals surface area contributed by atoms with Crippen molar-refractivity contribution in [3.8, 4) is 10.6 Å². The number of aromatic nitrogens is 3. The second-order valence-corrected chi connectivity index (χ2v) is 5.26. The van der Waals surface area contributed by atoms with Crippen LogP contribution >= 0.6 is 11.3 Å². The maximum Gasteiger partial charge on any atom is 0.156 e. The lowest BCUT2D eigenvalue weighted by Gasteiger charge is -2.01. The summed E-state index contributed by atoms with van der Waals surface area (Å²) < 4.78 is 0. The predicted octanol–water partition coefficient (Wildman–Crippen LogP) is 4.03. The average Bonchev–Trinajstić information content (AvgIpc) is 3.03. The highest BCUT2D eigenvalue weighted by Crippen LogP contribution is 2.32. The Kier molecular flexibility index (Phi) is 3.11. The minimum absolute atomic E-state index is 0.895. The van der Waals surface area contributed by atoms with Crippen molar-refractivity contribution in [1.82, 2.24) is 15.0 Å². The number of hydrogen-bond donors (Lipinski definition) is 1. The summed E-state index contributed by atoms with van der Waals surface area (Å²) in [6.07, 6.45) is 6.94. The molecule has 0 saturated heterocycles. The highest BCUT2D eigenvalue weighted by Gasteiger charge is 2.14. The second kappa shape index (κ2) is 4.90. The molecule has 3 heterocycles. The molecule has 0 radical (unpaired) electrons. The van der Waals surface area contributed by atoms with E-state index < -0.39 is 0 Å². The maximum absolute atomic E-state index is 4.48. The summed E-state index contributed by atoms with van der Waals surface area (Å²) in [4.78, 5) is 13.5. The van der Waals surface area contributed by atoms with Crippen molar-refractivity contribution in [1.29, 1.82) is 0 Å². The summed E-state index contributed by atoms with van der Waals surface area (Å²) in [7, 11) is 0. The number of aromatic amines is 1. The molecular weight excluding hydrogens is 242 g/mol. The van der Waals surface area contributed by atoms with Gasteiger partial charge >= 0.3 is 0 Å². The number of rotatable bonds is 4. The highest BCUT2D eigenvalue weighted by atomic mass is 32.1. The zero-order valence-electron chi connectivity index (χ0n) is 10.3. The molecule has 0 fully saturated rings. The summed E-state index contributed by atoms with van der Waals surface area (Å²) in [6, 6.07) is 4.22. The van der Waals surface area contributed by atoms with E-state index in [0.29, 0.717) is 0 Å². The molecule has 0 saturated carbocycles. The van der Waals surface area contributed by atoms with Crippen LogP contribution in [0.2, 0.25) is 0 Å². The van der Waals surface area contributed by atoms with Crippen molar-refractivity contribution >= 4 is 22.5 Å². The first-order valence-electron chi connectivity index (χ1n) is 6.25. The molecule has 0 atom stereocenters. The zero-order chi connectivity index (χ0) is 12.4. The molecule has 3 rings (SSSR count). The molecule has 3 aromatic rings. The van der Waals surface area contributed by atoms with Gasteiger partial charge in [-0.05, 0) is 24.3 Å². The summed E-state index contributed by atoms with van der Waals surface area (Å²) in [5, 5.41) is 2.10. The molecule has 0 spiro atoms. The van der Waals surface area contributed by atoms with Gasteiger partial charge in [-0.1, -0.05) is 19.4 Å². The Balaban J connectivity index is 2.17. The Morgan fingerprint density at radius 3 is 2.94 bits per heavy atom. The predicted molar refractivity (Wildman–Crippen MR) is 75.8 cm³/mol. The first kappa shape index (κ1) is 11.4. The number of hydrogen-bond acceptors (Lipinski definition) is 3. The van der Waals surface area contributed by atoms with Crippen molar-refractivity contribution in [2.24, 2.45) is 0 Å². The molecule has 92 valence electrons. The van der Waals surface area contributed by atoms with Crippen LogP contribution in [-0.4, -0.2) is 15.0 Å². The van der Waals surface area contributed by atoms with Crippen LogP contribution in [0.15, 0.2) is 29.9 Å². The fraction of sp³-hybridized carbons (Fsp3) is 0.286.